The highest BCUT2D eigenvalue weighted by Crippen LogP contribution is 2.28. The molecule has 1 aromatic heterocycles. The molecule has 0 aliphatic rings. The highest BCUT2D eigenvalue weighted by Gasteiger charge is 2.13. The van der Waals surface area contributed by atoms with Crippen molar-refractivity contribution >= 4 is 0 Å². The maximum absolute atomic E-state index is 10.3. The highest BCUT2D eigenvalue weighted by molar-refractivity contribution is 5.41. The third-order valence-corrected chi connectivity index (χ3v) is 2.66. The van der Waals surface area contributed by atoms with E-state index in [0.717, 1.165) is 0 Å². The number of pyridine rings is 1. The Morgan fingerprint density at radius 1 is 1.06 bits per heavy atom. The minimum Gasteiger partial charge on any atom is -0.497 e. The van der Waals surface area contributed by atoms with E-state index in [9.17, 15) is 5.11 Å². The van der Waals surface area contributed by atoms with Gasteiger partial charge < -0.3 is 14.6 Å². The van der Waals surface area contributed by atoms with Crippen LogP contribution < -0.4 is 9.47 Å². The molecule has 1 unspecified atom stereocenters. The van der Waals surface area contributed by atoms with E-state index in [1.54, 1.807) is 44.7 Å². The average molecular weight is 245 g/mol. The number of hydrogen-bond donors (Lipinski definition) is 1. The molecule has 0 bridgehead atoms. The Bertz CT molecular complexity index is 491. The predicted octanol–water partition coefficient (Wildman–Crippen LogP) is 2.18. The molecule has 0 fully saturated rings. The second-order valence-electron chi connectivity index (χ2n) is 3.80. The molecule has 0 aliphatic carbocycles. The van der Waals surface area contributed by atoms with Crippen molar-refractivity contribution in [2.45, 2.75) is 6.10 Å². The zero-order chi connectivity index (χ0) is 13.0. The number of aliphatic hydroxyl groups excluding tert-OH is 1. The summed E-state index contributed by atoms with van der Waals surface area (Å²) in [6, 6.07) is 10.7. The van der Waals surface area contributed by atoms with Crippen LogP contribution in [0.2, 0.25) is 0 Å². The summed E-state index contributed by atoms with van der Waals surface area (Å²) < 4.78 is 10.3. The highest BCUT2D eigenvalue weighted by atomic mass is 16.5. The standard InChI is InChI=1S/C14H15NO3/c1-17-11-7-10(8-12(9-11)18-2)14(16)13-5-3-4-6-15-13/h3-9,14,16H,1-2H3. The minimum absolute atomic E-state index is 0.591. The molecule has 2 rings (SSSR count). The first-order valence-corrected chi connectivity index (χ1v) is 5.56. The molecule has 0 amide bonds. The number of hydrogen-bond acceptors (Lipinski definition) is 4. The van der Waals surface area contributed by atoms with Crippen molar-refractivity contribution in [3.63, 3.8) is 0 Å². The molecular weight excluding hydrogens is 230 g/mol. The van der Waals surface area contributed by atoms with Crippen molar-refractivity contribution in [2.24, 2.45) is 0 Å². The van der Waals surface area contributed by atoms with Gasteiger partial charge in [0, 0.05) is 12.3 Å². The van der Waals surface area contributed by atoms with Crippen LogP contribution in [0.4, 0.5) is 0 Å². The fourth-order valence-electron chi connectivity index (χ4n) is 1.70. The van der Waals surface area contributed by atoms with Crippen LogP contribution in [0.25, 0.3) is 0 Å². The number of ether oxygens (including phenoxy) is 2. The normalized spacial score (nSPS) is 11.9. The average Bonchev–Trinajstić information content (AvgIpc) is 2.46. The number of aliphatic hydroxyl groups is 1. The van der Waals surface area contributed by atoms with Crippen LogP contribution in [-0.2, 0) is 0 Å². The van der Waals surface area contributed by atoms with Crippen LogP contribution in [0, 0.1) is 0 Å². The number of nitrogens with zero attached hydrogens (tertiary/aromatic N) is 1. The van der Waals surface area contributed by atoms with Gasteiger partial charge in [-0.2, -0.15) is 0 Å². The molecule has 1 aromatic carbocycles. The summed E-state index contributed by atoms with van der Waals surface area (Å²) in [6.07, 6.45) is 0.853. The lowest BCUT2D eigenvalue weighted by molar-refractivity contribution is 0.214. The van der Waals surface area contributed by atoms with E-state index in [1.165, 1.54) is 0 Å². The lowest BCUT2D eigenvalue weighted by Gasteiger charge is -2.13. The molecule has 1 N–H and O–H groups in total. The molecule has 94 valence electrons. The first kappa shape index (κ1) is 12.4. The number of aromatic nitrogens is 1. The summed E-state index contributed by atoms with van der Waals surface area (Å²) in [4.78, 5) is 4.13. The molecule has 18 heavy (non-hydrogen) atoms. The van der Waals surface area contributed by atoms with Gasteiger partial charge in [-0.15, -0.1) is 0 Å². The van der Waals surface area contributed by atoms with Gasteiger partial charge in [-0.25, -0.2) is 0 Å². The zero-order valence-electron chi connectivity index (χ0n) is 10.3. The van der Waals surface area contributed by atoms with E-state index >= 15 is 0 Å². The van der Waals surface area contributed by atoms with E-state index in [1.807, 2.05) is 12.1 Å². The summed E-state index contributed by atoms with van der Waals surface area (Å²) in [5.41, 5.74) is 1.28. The van der Waals surface area contributed by atoms with Gasteiger partial charge in [-0.05, 0) is 29.8 Å². The molecule has 0 radical (unpaired) electrons. The largest absolute Gasteiger partial charge is 0.497 e. The molecule has 0 spiro atoms. The number of benzene rings is 1. The SMILES string of the molecule is COc1cc(OC)cc(C(O)c2ccccn2)c1. The fourth-order valence-corrected chi connectivity index (χ4v) is 1.70. The van der Waals surface area contributed by atoms with E-state index in [-0.39, 0.29) is 0 Å². The second-order valence-corrected chi connectivity index (χ2v) is 3.80. The summed E-state index contributed by atoms with van der Waals surface area (Å²) in [5, 5.41) is 10.3. The van der Waals surface area contributed by atoms with Crippen molar-refractivity contribution in [1.29, 1.82) is 0 Å². The van der Waals surface area contributed by atoms with Gasteiger partial charge in [0.15, 0.2) is 0 Å². The van der Waals surface area contributed by atoms with Crippen LogP contribution in [0.3, 0.4) is 0 Å². The summed E-state index contributed by atoms with van der Waals surface area (Å²) >= 11 is 0. The maximum Gasteiger partial charge on any atom is 0.122 e. The molecule has 0 aliphatic heterocycles. The second kappa shape index (κ2) is 5.51. The Kier molecular flexibility index (Phi) is 3.79. The molecule has 0 saturated heterocycles. The van der Waals surface area contributed by atoms with Crippen molar-refractivity contribution < 1.29 is 14.6 Å². The van der Waals surface area contributed by atoms with Gasteiger partial charge in [-0.3, -0.25) is 4.98 Å². The van der Waals surface area contributed by atoms with Crippen LogP contribution >= 0.6 is 0 Å². The van der Waals surface area contributed by atoms with Crippen molar-refractivity contribution in [3.05, 3.63) is 53.9 Å². The van der Waals surface area contributed by atoms with E-state index in [2.05, 4.69) is 4.98 Å². The van der Waals surface area contributed by atoms with Gasteiger partial charge in [0.1, 0.15) is 17.6 Å². The molecule has 2 aromatic rings. The third-order valence-electron chi connectivity index (χ3n) is 2.66. The summed E-state index contributed by atoms with van der Waals surface area (Å²) in [6.45, 7) is 0. The van der Waals surface area contributed by atoms with Crippen LogP contribution in [0.15, 0.2) is 42.6 Å². The summed E-state index contributed by atoms with van der Waals surface area (Å²) in [7, 11) is 3.15. The van der Waals surface area contributed by atoms with Crippen LogP contribution in [0.5, 0.6) is 11.5 Å². The minimum atomic E-state index is -0.796. The Labute approximate surface area is 106 Å². The topological polar surface area (TPSA) is 51.6 Å². The first-order valence-electron chi connectivity index (χ1n) is 5.56. The lowest BCUT2D eigenvalue weighted by Crippen LogP contribution is -2.02. The fraction of sp³-hybridized carbons (Fsp3) is 0.214. The molecule has 1 atom stereocenters. The predicted molar refractivity (Wildman–Crippen MR) is 67.8 cm³/mol. The van der Waals surface area contributed by atoms with Crippen molar-refractivity contribution in [1.82, 2.24) is 4.98 Å². The van der Waals surface area contributed by atoms with Gasteiger partial charge in [0.05, 0.1) is 19.9 Å². The Hall–Kier alpha value is -2.07. The molecule has 0 saturated carbocycles. The van der Waals surface area contributed by atoms with E-state index < -0.39 is 6.10 Å². The molecular formula is C14H15NO3. The Balaban J connectivity index is 2.38. The lowest BCUT2D eigenvalue weighted by atomic mass is 10.1. The van der Waals surface area contributed by atoms with E-state index in [0.29, 0.717) is 22.8 Å². The van der Waals surface area contributed by atoms with Crippen molar-refractivity contribution in [2.75, 3.05) is 14.2 Å². The maximum atomic E-state index is 10.3. The van der Waals surface area contributed by atoms with Crippen molar-refractivity contribution in [3.8, 4) is 11.5 Å². The molecule has 4 heteroatoms. The zero-order valence-corrected chi connectivity index (χ0v) is 10.3. The third kappa shape index (κ3) is 2.60. The summed E-state index contributed by atoms with van der Waals surface area (Å²) in [5.74, 6) is 1.28. The van der Waals surface area contributed by atoms with Crippen LogP contribution in [-0.4, -0.2) is 24.3 Å². The Morgan fingerprint density at radius 2 is 1.72 bits per heavy atom. The van der Waals surface area contributed by atoms with Crippen LogP contribution in [0.1, 0.15) is 17.4 Å². The smallest absolute Gasteiger partial charge is 0.122 e. The Morgan fingerprint density at radius 3 is 2.22 bits per heavy atom. The first-order chi connectivity index (χ1) is 8.74. The van der Waals surface area contributed by atoms with Gasteiger partial charge >= 0.3 is 0 Å². The van der Waals surface area contributed by atoms with Gasteiger partial charge in [0.25, 0.3) is 0 Å². The van der Waals surface area contributed by atoms with E-state index in [4.69, 9.17) is 9.47 Å². The molecule has 4 nitrogen and oxygen atoms in total. The van der Waals surface area contributed by atoms with Gasteiger partial charge in [-0.1, -0.05) is 6.07 Å². The molecule has 1 heterocycles. The monoisotopic (exact) mass is 245 g/mol. The van der Waals surface area contributed by atoms with Gasteiger partial charge in [0.2, 0.25) is 0 Å². The number of rotatable bonds is 4. The quantitative estimate of drug-likeness (QED) is 0.897. The number of methoxy groups -OCH3 is 2.